The fourth-order valence-electron chi connectivity index (χ4n) is 6.41. The van der Waals surface area contributed by atoms with Gasteiger partial charge in [0.1, 0.15) is 5.82 Å². The van der Waals surface area contributed by atoms with Crippen molar-refractivity contribution in [1.29, 1.82) is 0 Å². The lowest BCUT2D eigenvalue weighted by molar-refractivity contribution is -0.153. The largest absolute Gasteiger partial charge is 0.335 e. The maximum absolute atomic E-state index is 12.9. The molecule has 2 aromatic rings. The van der Waals surface area contributed by atoms with E-state index in [0.717, 1.165) is 51.1 Å². The van der Waals surface area contributed by atoms with Crippen molar-refractivity contribution in [3.63, 3.8) is 0 Å². The first kappa shape index (κ1) is 20.0. The summed E-state index contributed by atoms with van der Waals surface area (Å²) in [4.78, 5) is 25.1. The maximum Gasteiger partial charge on any atom is 0.223 e. The fourth-order valence-corrected chi connectivity index (χ4v) is 6.41. The van der Waals surface area contributed by atoms with Crippen LogP contribution in [0.1, 0.15) is 38.4 Å². The molecular formula is C24H35N5O. The summed E-state index contributed by atoms with van der Waals surface area (Å²) < 4.78 is 2.37. The van der Waals surface area contributed by atoms with Gasteiger partial charge in [-0.2, -0.15) is 0 Å². The zero-order chi connectivity index (χ0) is 20.8. The highest BCUT2D eigenvalue weighted by atomic mass is 16.2. The Bertz CT molecular complexity index is 921. The molecule has 30 heavy (non-hydrogen) atoms. The summed E-state index contributed by atoms with van der Waals surface area (Å²) in [7, 11) is 4.28. The zero-order valence-corrected chi connectivity index (χ0v) is 18.6. The number of imidazole rings is 1. The number of fused-ring (bicyclic) bond motifs is 5. The smallest absolute Gasteiger partial charge is 0.223 e. The minimum Gasteiger partial charge on any atom is -0.335 e. The molecule has 5 rings (SSSR count). The summed E-state index contributed by atoms with van der Waals surface area (Å²) in [6, 6.07) is 9.26. The van der Waals surface area contributed by atoms with Crippen LogP contribution in [-0.2, 0) is 17.9 Å². The van der Waals surface area contributed by atoms with E-state index in [0.29, 0.717) is 29.8 Å². The van der Waals surface area contributed by atoms with Gasteiger partial charge in [-0.15, -0.1) is 0 Å². The summed E-state index contributed by atoms with van der Waals surface area (Å²) in [5.41, 5.74) is 2.34. The number of piperidine rings is 3. The second kappa shape index (κ2) is 7.97. The highest BCUT2D eigenvalue weighted by molar-refractivity contribution is 5.78. The molecule has 0 aliphatic carbocycles. The Hall–Kier alpha value is -1.92. The molecule has 3 fully saturated rings. The molecule has 0 unspecified atom stereocenters. The Morgan fingerprint density at radius 3 is 2.77 bits per heavy atom. The third-order valence-electron chi connectivity index (χ3n) is 7.54. The van der Waals surface area contributed by atoms with E-state index in [4.69, 9.17) is 4.98 Å². The normalized spacial score (nSPS) is 29.6. The average molecular weight is 410 g/mol. The first-order chi connectivity index (χ1) is 14.5. The van der Waals surface area contributed by atoms with Crippen molar-refractivity contribution < 1.29 is 4.79 Å². The highest BCUT2D eigenvalue weighted by Crippen LogP contribution is 2.42. The Kier molecular flexibility index (Phi) is 5.31. The van der Waals surface area contributed by atoms with Crippen LogP contribution < -0.4 is 0 Å². The monoisotopic (exact) mass is 409 g/mol. The molecule has 1 aromatic carbocycles. The van der Waals surface area contributed by atoms with E-state index in [-0.39, 0.29) is 0 Å². The number of hydrogen-bond donors (Lipinski definition) is 0. The lowest BCUT2D eigenvalue weighted by atomic mass is 9.72. The van der Waals surface area contributed by atoms with Gasteiger partial charge < -0.3 is 14.4 Å². The van der Waals surface area contributed by atoms with E-state index in [1.165, 1.54) is 24.2 Å². The first-order valence-electron chi connectivity index (χ1n) is 11.7. The van der Waals surface area contributed by atoms with Gasteiger partial charge >= 0.3 is 0 Å². The number of likely N-dealkylation sites (tertiary alicyclic amines) is 1. The van der Waals surface area contributed by atoms with E-state index >= 15 is 0 Å². The third kappa shape index (κ3) is 3.44. The number of hydrogen-bond acceptors (Lipinski definition) is 4. The molecule has 0 radical (unpaired) electrons. The van der Waals surface area contributed by atoms with E-state index in [2.05, 4.69) is 64.6 Å². The standard InChI is InChI=1S/C24H35N5O/c1-4-28-21-9-6-5-8-19(21)25-23(28)16-27-13-17-12-18(14-27)22(15-26(2)3)29-20(17)10-7-11-24(29)30/h5-6,8-9,17-18,20,22H,4,7,10-16H2,1-3H3/t17-,18+,20+,22+/m1/s1. The molecule has 162 valence electrons. The molecule has 4 heterocycles. The predicted octanol–water partition coefficient (Wildman–Crippen LogP) is 2.82. The number of amides is 1. The second-order valence-electron chi connectivity index (χ2n) is 9.80. The van der Waals surface area contributed by atoms with Crippen LogP contribution in [0.5, 0.6) is 0 Å². The number of carbonyl (C=O) groups is 1. The van der Waals surface area contributed by atoms with Crippen LogP contribution in [0.2, 0.25) is 0 Å². The van der Waals surface area contributed by atoms with Crippen molar-refractivity contribution in [3.05, 3.63) is 30.1 Å². The number of likely N-dealkylation sites (N-methyl/N-ethyl adjacent to an activating group) is 1. The molecule has 6 nitrogen and oxygen atoms in total. The summed E-state index contributed by atoms with van der Waals surface area (Å²) in [6.45, 7) is 7.20. The van der Waals surface area contributed by atoms with Crippen molar-refractivity contribution in [1.82, 2.24) is 24.3 Å². The summed E-state index contributed by atoms with van der Waals surface area (Å²) in [6.07, 6.45) is 4.24. The van der Waals surface area contributed by atoms with E-state index in [1.54, 1.807) is 0 Å². The van der Waals surface area contributed by atoms with Gasteiger partial charge in [-0.3, -0.25) is 9.69 Å². The lowest BCUT2D eigenvalue weighted by Gasteiger charge is -2.57. The Labute approximate surface area is 179 Å². The number of nitrogens with zero attached hydrogens (tertiary/aromatic N) is 5. The van der Waals surface area contributed by atoms with E-state index in [9.17, 15) is 4.79 Å². The van der Waals surface area contributed by atoms with Crippen LogP contribution in [0.4, 0.5) is 0 Å². The maximum atomic E-state index is 12.9. The van der Waals surface area contributed by atoms with Gasteiger partial charge in [-0.1, -0.05) is 12.1 Å². The van der Waals surface area contributed by atoms with Crippen LogP contribution in [0.3, 0.4) is 0 Å². The minimum absolute atomic E-state index is 0.349. The van der Waals surface area contributed by atoms with Crippen molar-refractivity contribution in [2.24, 2.45) is 11.8 Å². The predicted molar refractivity (Wildman–Crippen MR) is 119 cm³/mol. The quantitative estimate of drug-likeness (QED) is 0.762. The molecule has 0 N–H and O–H groups in total. The van der Waals surface area contributed by atoms with Crippen LogP contribution >= 0.6 is 0 Å². The van der Waals surface area contributed by atoms with Gasteiger partial charge in [-0.25, -0.2) is 4.98 Å². The molecule has 3 saturated heterocycles. The molecule has 0 spiro atoms. The molecule has 0 saturated carbocycles. The summed E-state index contributed by atoms with van der Waals surface area (Å²) in [5.74, 6) is 2.74. The summed E-state index contributed by atoms with van der Waals surface area (Å²) >= 11 is 0. The Morgan fingerprint density at radius 2 is 1.97 bits per heavy atom. The average Bonchev–Trinajstić information content (AvgIpc) is 3.08. The molecule has 2 bridgehead atoms. The second-order valence-corrected chi connectivity index (χ2v) is 9.80. The molecule has 1 aromatic heterocycles. The number of carbonyl (C=O) groups excluding carboxylic acids is 1. The van der Waals surface area contributed by atoms with Crippen LogP contribution in [0.25, 0.3) is 11.0 Å². The van der Waals surface area contributed by atoms with Crippen molar-refractivity contribution in [2.75, 3.05) is 33.7 Å². The fraction of sp³-hybridized carbons (Fsp3) is 0.667. The number of benzene rings is 1. The molecule has 3 aliphatic heterocycles. The number of rotatable bonds is 5. The van der Waals surface area contributed by atoms with Gasteiger partial charge in [0.15, 0.2) is 0 Å². The zero-order valence-electron chi connectivity index (χ0n) is 18.6. The van der Waals surface area contributed by atoms with Gasteiger partial charge in [0.25, 0.3) is 0 Å². The minimum atomic E-state index is 0.349. The first-order valence-corrected chi connectivity index (χ1v) is 11.7. The van der Waals surface area contributed by atoms with Crippen LogP contribution in [0, 0.1) is 11.8 Å². The van der Waals surface area contributed by atoms with E-state index < -0.39 is 0 Å². The van der Waals surface area contributed by atoms with Crippen molar-refractivity contribution >= 4 is 16.9 Å². The van der Waals surface area contributed by atoms with Crippen molar-refractivity contribution in [2.45, 2.75) is 57.8 Å². The number of aromatic nitrogens is 2. The third-order valence-corrected chi connectivity index (χ3v) is 7.54. The van der Waals surface area contributed by atoms with Gasteiger partial charge in [0.05, 0.1) is 17.6 Å². The van der Waals surface area contributed by atoms with Crippen LogP contribution in [-0.4, -0.2) is 76.0 Å². The molecule has 3 aliphatic rings. The SMILES string of the molecule is CCn1c(CN2C[C@H]3C[C@@H](C2)[C@H](CN(C)C)N2C(=O)CCC[C@@H]32)nc2ccccc21. The Morgan fingerprint density at radius 1 is 1.17 bits per heavy atom. The molecule has 1 amide bonds. The Balaban J connectivity index is 1.41. The highest BCUT2D eigenvalue weighted by Gasteiger charge is 2.49. The van der Waals surface area contributed by atoms with Crippen molar-refractivity contribution in [3.8, 4) is 0 Å². The van der Waals surface area contributed by atoms with E-state index in [1.807, 2.05) is 0 Å². The summed E-state index contributed by atoms with van der Waals surface area (Å²) in [5, 5.41) is 0. The molecule has 4 atom stereocenters. The number of para-hydroxylation sites is 2. The van der Waals surface area contributed by atoms with Gasteiger partial charge in [-0.05, 0) is 64.3 Å². The lowest BCUT2D eigenvalue weighted by Crippen LogP contribution is -2.66. The number of aryl methyl sites for hydroxylation is 1. The van der Waals surface area contributed by atoms with Crippen LogP contribution in [0.15, 0.2) is 24.3 Å². The van der Waals surface area contributed by atoms with Gasteiger partial charge in [0, 0.05) is 44.7 Å². The molecular weight excluding hydrogens is 374 g/mol. The van der Waals surface area contributed by atoms with Gasteiger partial charge in [0.2, 0.25) is 5.91 Å². The topological polar surface area (TPSA) is 44.6 Å². The molecule has 6 heteroatoms.